The summed E-state index contributed by atoms with van der Waals surface area (Å²) in [5.74, 6) is 1.75. The van der Waals surface area contributed by atoms with Crippen LogP contribution in [0.5, 0.6) is 11.5 Å². The van der Waals surface area contributed by atoms with Gasteiger partial charge in [-0.15, -0.1) is 0 Å². The van der Waals surface area contributed by atoms with Crippen molar-refractivity contribution in [3.8, 4) is 11.5 Å². The van der Waals surface area contributed by atoms with Gasteiger partial charge in [0.25, 0.3) is 0 Å². The van der Waals surface area contributed by atoms with Crippen LogP contribution in [0.4, 0.5) is 5.69 Å². The molecule has 3 aromatic rings. The lowest BCUT2D eigenvalue weighted by Gasteiger charge is -2.34. The minimum absolute atomic E-state index is 0.0507. The first-order valence-electron chi connectivity index (χ1n) is 10.6. The van der Waals surface area contributed by atoms with Crippen LogP contribution in [0.1, 0.15) is 29.9 Å². The predicted octanol–water partition coefficient (Wildman–Crippen LogP) is 4.35. The Morgan fingerprint density at radius 2 is 1.53 bits per heavy atom. The van der Waals surface area contributed by atoms with Gasteiger partial charge in [0, 0.05) is 48.8 Å². The average Bonchev–Trinajstić information content (AvgIpc) is 2.82. The SMILES string of the molecule is O=C(NCC1CCN(c2ccncc2)CC1)C1c2ccccc2Oc2ccccc21. The van der Waals surface area contributed by atoms with Crippen LogP contribution in [0.25, 0.3) is 0 Å². The van der Waals surface area contributed by atoms with E-state index < -0.39 is 0 Å². The number of anilines is 1. The molecule has 1 saturated heterocycles. The average molecular weight is 399 g/mol. The minimum Gasteiger partial charge on any atom is -0.457 e. The number of piperidine rings is 1. The molecule has 3 heterocycles. The van der Waals surface area contributed by atoms with Crippen LogP contribution in [0.15, 0.2) is 73.1 Å². The Hall–Kier alpha value is -3.34. The standard InChI is InChI=1S/C25H25N3O2/c29-25(27-17-18-11-15-28(16-12-18)19-9-13-26-14-10-19)24-20-5-1-3-7-22(20)30-23-8-4-2-6-21(23)24/h1-10,13-14,18,24H,11-12,15-17H2,(H,27,29). The molecule has 5 heteroatoms. The Morgan fingerprint density at radius 3 is 2.17 bits per heavy atom. The van der Waals surface area contributed by atoms with Crippen LogP contribution in [0.2, 0.25) is 0 Å². The molecule has 5 rings (SSSR count). The highest BCUT2D eigenvalue weighted by atomic mass is 16.5. The number of ether oxygens (including phenoxy) is 1. The van der Waals surface area contributed by atoms with Crippen molar-refractivity contribution < 1.29 is 9.53 Å². The summed E-state index contributed by atoms with van der Waals surface area (Å²) in [6, 6.07) is 19.8. The van der Waals surface area contributed by atoms with Crippen molar-refractivity contribution in [2.45, 2.75) is 18.8 Å². The summed E-state index contributed by atoms with van der Waals surface area (Å²) in [7, 11) is 0. The molecule has 2 aromatic carbocycles. The summed E-state index contributed by atoms with van der Waals surface area (Å²) in [5.41, 5.74) is 3.09. The third-order valence-electron chi connectivity index (χ3n) is 6.15. The van der Waals surface area contributed by atoms with Crippen molar-refractivity contribution in [3.63, 3.8) is 0 Å². The molecule has 0 aliphatic carbocycles. The summed E-state index contributed by atoms with van der Waals surface area (Å²) in [5, 5.41) is 3.24. The topological polar surface area (TPSA) is 54.5 Å². The van der Waals surface area contributed by atoms with E-state index >= 15 is 0 Å². The maximum atomic E-state index is 13.3. The fourth-order valence-electron chi connectivity index (χ4n) is 4.49. The Labute approximate surface area is 176 Å². The monoisotopic (exact) mass is 399 g/mol. The second kappa shape index (κ2) is 8.19. The molecule has 5 nitrogen and oxygen atoms in total. The lowest BCUT2D eigenvalue weighted by molar-refractivity contribution is -0.122. The number of hydrogen-bond donors (Lipinski definition) is 1. The molecule has 0 unspecified atom stereocenters. The number of amides is 1. The summed E-state index contributed by atoms with van der Waals surface area (Å²) in [4.78, 5) is 19.8. The van der Waals surface area contributed by atoms with Crippen molar-refractivity contribution in [2.75, 3.05) is 24.5 Å². The lowest BCUT2D eigenvalue weighted by atomic mass is 9.87. The first-order chi connectivity index (χ1) is 14.8. The van der Waals surface area contributed by atoms with Crippen molar-refractivity contribution in [2.24, 2.45) is 5.92 Å². The molecule has 1 N–H and O–H groups in total. The summed E-state index contributed by atoms with van der Waals surface area (Å²) in [6.45, 7) is 2.73. The Bertz CT molecular complexity index is 984. The molecule has 0 atom stereocenters. The Balaban J connectivity index is 1.25. The number of para-hydroxylation sites is 2. The number of nitrogens with one attached hydrogen (secondary N) is 1. The normalized spacial score (nSPS) is 16.3. The molecular weight excluding hydrogens is 374 g/mol. The number of nitrogens with zero attached hydrogens (tertiary/aromatic N) is 2. The fraction of sp³-hybridized carbons (Fsp3) is 0.280. The summed E-state index contributed by atoms with van der Waals surface area (Å²) >= 11 is 0. The van der Waals surface area contributed by atoms with Crippen molar-refractivity contribution in [1.82, 2.24) is 10.3 Å². The minimum atomic E-state index is -0.331. The van der Waals surface area contributed by atoms with Gasteiger partial charge in [-0.3, -0.25) is 9.78 Å². The fourth-order valence-corrected chi connectivity index (χ4v) is 4.49. The highest BCUT2D eigenvalue weighted by Crippen LogP contribution is 2.43. The van der Waals surface area contributed by atoms with Crippen molar-refractivity contribution in [3.05, 3.63) is 84.2 Å². The summed E-state index contributed by atoms with van der Waals surface area (Å²) in [6.07, 6.45) is 5.82. The maximum Gasteiger partial charge on any atom is 0.232 e. The third-order valence-corrected chi connectivity index (χ3v) is 6.15. The number of carbonyl (C=O) groups is 1. The second-order valence-corrected chi connectivity index (χ2v) is 7.99. The number of carbonyl (C=O) groups excluding carboxylic acids is 1. The molecule has 152 valence electrons. The predicted molar refractivity (Wildman–Crippen MR) is 117 cm³/mol. The van der Waals surface area contributed by atoms with Crippen LogP contribution >= 0.6 is 0 Å². The third kappa shape index (κ3) is 3.63. The molecule has 1 aromatic heterocycles. The van der Waals surface area contributed by atoms with Gasteiger partial charge in [-0.05, 0) is 43.0 Å². The largest absolute Gasteiger partial charge is 0.457 e. The molecule has 0 spiro atoms. The highest BCUT2D eigenvalue weighted by molar-refractivity contribution is 5.89. The van der Waals surface area contributed by atoms with Gasteiger partial charge < -0.3 is 15.0 Å². The summed E-state index contributed by atoms with van der Waals surface area (Å²) < 4.78 is 6.02. The number of pyridine rings is 1. The van der Waals surface area contributed by atoms with Crippen molar-refractivity contribution in [1.29, 1.82) is 0 Å². The Morgan fingerprint density at radius 1 is 0.933 bits per heavy atom. The number of hydrogen-bond acceptors (Lipinski definition) is 4. The van der Waals surface area contributed by atoms with Crippen LogP contribution in [-0.2, 0) is 4.79 Å². The zero-order valence-electron chi connectivity index (χ0n) is 16.8. The van der Waals surface area contributed by atoms with E-state index in [0.29, 0.717) is 12.5 Å². The van der Waals surface area contributed by atoms with E-state index in [4.69, 9.17) is 4.74 Å². The van der Waals surface area contributed by atoms with E-state index in [1.54, 1.807) is 0 Å². The van der Waals surface area contributed by atoms with E-state index in [-0.39, 0.29) is 11.8 Å². The van der Waals surface area contributed by atoms with Gasteiger partial charge in [0.1, 0.15) is 11.5 Å². The number of aromatic nitrogens is 1. The molecule has 0 saturated carbocycles. The smallest absolute Gasteiger partial charge is 0.232 e. The van der Waals surface area contributed by atoms with E-state index in [0.717, 1.165) is 48.6 Å². The molecule has 0 radical (unpaired) electrons. The quantitative estimate of drug-likeness (QED) is 0.709. The van der Waals surface area contributed by atoms with Crippen LogP contribution in [0.3, 0.4) is 0 Å². The van der Waals surface area contributed by atoms with Crippen LogP contribution in [0, 0.1) is 5.92 Å². The van der Waals surface area contributed by atoms with E-state index in [2.05, 4.69) is 27.3 Å². The number of fused-ring (bicyclic) bond motifs is 2. The van der Waals surface area contributed by atoms with Crippen LogP contribution < -0.4 is 15.0 Å². The van der Waals surface area contributed by atoms with Crippen molar-refractivity contribution >= 4 is 11.6 Å². The van der Waals surface area contributed by atoms with Gasteiger partial charge in [-0.2, -0.15) is 0 Å². The van der Waals surface area contributed by atoms with Gasteiger partial charge in [0.05, 0.1) is 5.92 Å². The molecule has 2 aliphatic heterocycles. The highest BCUT2D eigenvalue weighted by Gasteiger charge is 2.32. The van der Waals surface area contributed by atoms with Gasteiger partial charge in [-0.1, -0.05) is 36.4 Å². The zero-order valence-corrected chi connectivity index (χ0v) is 16.8. The molecule has 2 aliphatic rings. The van der Waals surface area contributed by atoms with Gasteiger partial charge in [-0.25, -0.2) is 0 Å². The van der Waals surface area contributed by atoms with E-state index in [9.17, 15) is 4.79 Å². The molecule has 30 heavy (non-hydrogen) atoms. The number of rotatable bonds is 4. The zero-order chi connectivity index (χ0) is 20.3. The first-order valence-corrected chi connectivity index (χ1v) is 10.6. The van der Waals surface area contributed by atoms with Gasteiger partial charge in [0.2, 0.25) is 5.91 Å². The molecule has 0 bridgehead atoms. The molecule has 1 amide bonds. The van der Waals surface area contributed by atoms with Gasteiger partial charge in [0.15, 0.2) is 0 Å². The molecular formula is C25H25N3O2. The van der Waals surface area contributed by atoms with E-state index in [1.807, 2.05) is 60.9 Å². The maximum absolute atomic E-state index is 13.3. The van der Waals surface area contributed by atoms with Gasteiger partial charge >= 0.3 is 0 Å². The molecule has 1 fully saturated rings. The van der Waals surface area contributed by atoms with Crippen LogP contribution in [-0.4, -0.2) is 30.5 Å². The lowest BCUT2D eigenvalue weighted by Crippen LogP contribution is -2.40. The Kier molecular flexibility index (Phi) is 5.10. The first kappa shape index (κ1) is 18.7. The van der Waals surface area contributed by atoms with E-state index in [1.165, 1.54) is 5.69 Å². The number of benzene rings is 2. The second-order valence-electron chi connectivity index (χ2n) is 7.99.